The van der Waals surface area contributed by atoms with E-state index in [1.807, 2.05) is 129 Å². The fourth-order valence-corrected chi connectivity index (χ4v) is 10.6. The van der Waals surface area contributed by atoms with Gasteiger partial charge in [-0.25, -0.2) is 19.2 Å². The van der Waals surface area contributed by atoms with Gasteiger partial charge in [0.1, 0.15) is 24.2 Å². The summed E-state index contributed by atoms with van der Waals surface area (Å²) < 4.78 is 39.7. The molecule has 22 heteroatoms. The SMILES string of the molecule is CC(C)CC1C(=O)O[C@H](C)C(=O)N(C)[C@@H](CC(C)C)C(=O)O[C@H](Cc2ccc(Cn3nccc3COC(C)C)cc2)C(=O)N(C)[C@@H](CC(C)C)C(=O)O[C@H](C)C(=O)N(C)[C@@H](CC(C)C)C(=O)O[C@H](Cc2ccc(Cn3nccc3COC(C)C)cc2)C(=O)N1C. The Labute approximate surface area is 532 Å². The van der Waals surface area contributed by atoms with Gasteiger partial charge in [0.15, 0.2) is 24.4 Å². The summed E-state index contributed by atoms with van der Waals surface area (Å²) in [5.41, 5.74) is 4.74. The van der Waals surface area contributed by atoms with Crippen molar-refractivity contribution in [2.75, 3.05) is 28.2 Å². The van der Waals surface area contributed by atoms with Crippen molar-refractivity contribution in [2.45, 2.75) is 223 Å². The van der Waals surface area contributed by atoms with E-state index in [4.69, 9.17) is 28.4 Å². The molecular weight excluding hydrogens is 1150 g/mol. The highest BCUT2D eigenvalue weighted by atomic mass is 16.6. The molecular formula is C68H100N8O14. The molecule has 0 saturated carbocycles. The minimum absolute atomic E-state index is 0.0216. The largest absolute Gasteiger partial charge is 0.451 e. The fourth-order valence-electron chi connectivity index (χ4n) is 10.6. The van der Waals surface area contributed by atoms with E-state index in [1.165, 1.54) is 42.0 Å². The molecule has 0 radical (unpaired) electrons. The minimum Gasteiger partial charge on any atom is -0.451 e. The second-order valence-corrected chi connectivity index (χ2v) is 26.1. The van der Waals surface area contributed by atoms with E-state index in [-0.39, 0.29) is 74.4 Å². The van der Waals surface area contributed by atoms with Gasteiger partial charge >= 0.3 is 23.9 Å². The van der Waals surface area contributed by atoms with Crippen molar-refractivity contribution in [3.8, 4) is 0 Å². The Morgan fingerprint density at radius 1 is 0.389 bits per heavy atom. The van der Waals surface area contributed by atoms with Crippen molar-refractivity contribution in [1.82, 2.24) is 39.2 Å². The van der Waals surface area contributed by atoms with Crippen molar-refractivity contribution in [2.24, 2.45) is 23.7 Å². The molecule has 90 heavy (non-hydrogen) atoms. The number of hydrogen-bond donors (Lipinski definition) is 0. The van der Waals surface area contributed by atoms with Gasteiger partial charge in [-0.2, -0.15) is 10.2 Å². The normalized spacial score (nSPS) is 22.1. The molecule has 1 aliphatic heterocycles. The number of likely N-dealkylation sites (N-methyl/N-ethyl adjacent to an activating group) is 4. The molecule has 2 aromatic heterocycles. The first kappa shape index (κ1) is 73.3. The van der Waals surface area contributed by atoms with Gasteiger partial charge in [-0.1, -0.05) is 104 Å². The number of carbonyl (C=O) groups excluding carboxylic acids is 8. The lowest BCUT2D eigenvalue weighted by Gasteiger charge is -2.35. The summed E-state index contributed by atoms with van der Waals surface area (Å²) in [4.78, 5) is 123. The lowest BCUT2D eigenvalue weighted by atomic mass is 9.99. The Kier molecular flexibility index (Phi) is 27.8. The number of hydrogen-bond acceptors (Lipinski definition) is 16. The van der Waals surface area contributed by atoms with Crippen molar-refractivity contribution in [1.29, 1.82) is 0 Å². The fraction of sp³-hybridized carbons (Fsp3) is 0.618. The Bertz CT molecular complexity index is 2790. The van der Waals surface area contributed by atoms with E-state index in [0.717, 1.165) is 42.1 Å². The van der Waals surface area contributed by atoms with E-state index < -0.39 is 96.1 Å². The van der Waals surface area contributed by atoms with Gasteiger partial charge < -0.3 is 48.0 Å². The van der Waals surface area contributed by atoms with E-state index in [0.29, 0.717) is 37.4 Å². The van der Waals surface area contributed by atoms with Gasteiger partial charge in [0.2, 0.25) is 0 Å². The molecule has 2 aromatic carbocycles. The van der Waals surface area contributed by atoms with Crippen LogP contribution in [0.25, 0.3) is 0 Å². The standard InChI is InChI=1S/C68H100N8O14/c1-41(2)31-55-65(81)87-47(13)61(77)71(15)58(34-44(7)8)68(84)90-60(36-50-21-25-52(26-22-50)38-76-54(28-30-70-76)40-86-46(11)12)64(80)74(18)56(32-42(3)4)66(82)88-48(14)62(78)72(16)57(33-43(5)6)67(83)89-59(63(79)73(55)17)35-49-19-23-51(24-20-49)37-75-53(27-29-69-75)39-85-45(9)10/h19-30,41-48,55-60H,31-40H2,1-18H3/t47-,48-,55+,56?,57+,58+,59-,60-/m1/s1. The predicted octanol–water partition coefficient (Wildman–Crippen LogP) is 8.00. The number of benzene rings is 2. The van der Waals surface area contributed by atoms with Crippen molar-refractivity contribution in [3.63, 3.8) is 0 Å². The van der Waals surface area contributed by atoms with Crippen LogP contribution in [0, 0.1) is 23.7 Å². The third-order valence-corrected chi connectivity index (χ3v) is 15.8. The van der Waals surface area contributed by atoms with Gasteiger partial charge in [0.05, 0.1) is 49.9 Å². The zero-order valence-corrected chi connectivity index (χ0v) is 56.4. The summed E-state index contributed by atoms with van der Waals surface area (Å²) in [6, 6.07) is 13.3. The van der Waals surface area contributed by atoms with Gasteiger partial charge in [0.25, 0.3) is 23.6 Å². The number of carbonyl (C=O) groups is 8. The number of cyclic esters (lactones) is 4. The monoisotopic (exact) mass is 1250 g/mol. The summed E-state index contributed by atoms with van der Waals surface area (Å²) >= 11 is 0. The molecule has 4 aromatic rings. The lowest BCUT2D eigenvalue weighted by Crippen LogP contribution is -2.55. The molecule has 0 N–H and O–H groups in total. The average molecular weight is 1250 g/mol. The molecule has 0 bridgehead atoms. The van der Waals surface area contributed by atoms with Crippen LogP contribution in [0.1, 0.15) is 156 Å². The van der Waals surface area contributed by atoms with E-state index in [1.54, 1.807) is 36.7 Å². The molecule has 3 heterocycles. The molecule has 0 aliphatic carbocycles. The molecule has 0 spiro atoms. The molecule has 1 aliphatic rings. The van der Waals surface area contributed by atoms with Crippen LogP contribution < -0.4 is 0 Å². The zero-order chi connectivity index (χ0) is 66.8. The Balaban J connectivity index is 1.57. The maximum absolute atomic E-state index is 15.1. The summed E-state index contributed by atoms with van der Waals surface area (Å²) in [6.45, 7) is 27.0. The van der Waals surface area contributed by atoms with Crippen LogP contribution in [0.15, 0.2) is 73.1 Å². The number of esters is 4. The zero-order valence-electron chi connectivity index (χ0n) is 56.4. The first-order chi connectivity index (χ1) is 42.3. The van der Waals surface area contributed by atoms with Crippen LogP contribution in [0.5, 0.6) is 0 Å². The second-order valence-electron chi connectivity index (χ2n) is 26.1. The van der Waals surface area contributed by atoms with E-state index in [9.17, 15) is 28.8 Å². The van der Waals surface area contributed by atoms with Crippen molar-refractivity contribution < 1.29 is 66.8 Å². The Morgan fingerprint density at radius 3 is 0.933 bits per heavy atom. The number of amides is 4. The lowest BCUT2D eigenvalue weighted by molar-refractivity contribution is -0.176. The predicted molar refractivity (Wildman–Crippen MR) is 338 cm³/mol. The molecule has 22 nitrogen and oxygen atoms in total. The Hall–Kier alpha value is -7.46. The van der Waals surface area contributed by atoms with Gasteiger partial charge in [-0.3, -0.25) is 28.5 Å². The van der Waals surface area contributed by atoms with Crippen LogP contribution in [0.2, 0.25) is 0 Å². The van der Waals surface area contributed by atoms with Crippen LogP contribution in [0.3, 0.4) is 0 Å². The second kappa shape index (κ2) is 34.1. The summed E-state index contributed by atoms with van der Waals surface area (Å²) in [5, 5.41) is 8.96. The maximum atomic E-state index is 15.1. The number of rotatable bonds is 22. The molecule has 1 unspecified atom stereocenters. The first-order valence-electron chi connectivity index (χ1n) is 31.6. The van der Waals surface area contributed by atoms with Gasteiger partial charge in [0, 0.05) is 53.4 Å². The molecule has 496 valence electrons. The summed E-state index contributed by atoms with van der Waals surface area (Å²) in [6.07, 6.45) is -2.69. The molecule has 8 atom stereocenters. The van der Waals surface area contributed by atoms with Crippen LogP contribution in [0.4, 0.5) is 0 Å². The summed E-state index contributed by atoms with van der Waals surface area (Å²) in [7, 11) is 5.57. The van der Waals surface area contributed by atoms with Gasteiger partial charge in [-0.15, -0.1) is 0 Å². The van der Waals surface area contributed by atoms with E-state index >= 15 is 9.59 Å². The number of aromatic nitrogens is 4. The van der Waals surface area contributed by atoms with Crippen LogP contribution in [-0.4, -0.2) is 176 Å². The van der Waals surface area contributed by atoms with Crippen LogP contribution >= 0.6 is 0 Å². The van der Waals surface area contributed by atoms with Crippen molar-refractivity contribution in [3.05, 3.63) is 107 Å². The van der Waals surface area contributed by atoms with Crippen LogP contribution in [-0.2, 0) is 106 Å². The third-order valence-electron chi connectivity index (χ3n) is 15.8. The minimum atomic E-state index is -1.56. The molecule has 1 fully saturated rings. The van der Waals surface area contributed by atoms with E-state index in [2.05, 4.69) is 10.2 Å². The average Bonchev–Trinajstić information content (AvgIpc) is 1.46. The molecule has 5 rings (SSSR count). The summed E-state index contributed by atoms with van der Waals surface area (Å²) in [5.74, 6) is -7.56. The number of nitrogens with zero attached hydrogens (tertiary/aromatic N) is 8. The maximum Gasteiger partial charge on any atom is 0.329 e. The highest BCUT2D eigenvalue weighted by molar-refractivity contribution is 5.94. The third kappa shape index (κ3) is 21.3. The molecule has 4 amide bonds. The molecule has 1 saturated heterocycles. The highest BCUT2D eigenvalue weighted by Crippen LogP contribution is 2.25. The quantitative estimate of drug-likeness (QED) is 0.0535. The smallest absolute Gasteiger partial charge is 0.329 e. The first-order valence-corrected chi connectivity index (χ1v) is 31.6. The highest BCUT2D eigenvalue weighted by Gasteiger charge is 2.43. The number of ether oxygens (including phenoxy) is 6. The van der Waals surface area contributed by atoms with Gasteiger partial charge in [-0.05, 0) is 125 Å². The Morgan fingerprint density at radius 2 is 0.656 bits per heavy atom. The van der Waals surface area contributed by atoms with Crippen molar-refractivity contribution >= 4 is 47.5 Å². The topological polar surface area (TPSA) is 241 Å².